The van der Waals surface area contributed by atoms with E-state index in [2.05, 4.69) is 30.4 Å². The Kier molecular flexibility index (Phi) is 6.11. The molecule has 0 spiro atoms. The zero-order valence-corrected chi connectivity index (χ0v) is 17.8. The van der Waals surface area contributed by atoms with Crippen LogP contribution in [0.25, 0.3) is 22.2 Å². The number of benzene rings is 1. The van der Waals surface area contributed by atoms with Gasteiger partial charge in [-0.2, -0.15) is 18.3 Å². The van der Waals surface area contributed by atoms with E-state index in [-0.39, 0.29) is 22.8 Å². The van der Waals surface area contributed by atoms with Gasteiger partial charge in [-0.25, -0.2) is 34.2 Å². The van der Waals surface area contributed by atoms with Crippen LogP contribution in [0.3, 0.4) is 0 Å². The van der Waals surface area contributed by atoms with Gasteiger partial charge in [0.25, 0.3) is 0 Å². The van der Waals surface area contributed by atoms with Gasteiger partial charge >= 0.3 is 6.18 Å². The second-order valence-electron chi connectivity index (χ2n) is 7.33. The highest BCUT2D eigenvalue weighted by Gasteiger charge is 2.34. The third kappa shape index (κ3) is 4.62. The van der Waals surface area contributed by atoms with Gasteiger partial charge in [-0.1, -0.05) is 0 Å². The Balaban J connectivity index is 1.76. The molecule has 1 unspecified atom stereocenters. The molecule has 180 valence electrons. The molecule has 0 fully saturated rings. The number of hydrogen-bond donors (Lipinski definition) is 3. The lowest BCUT2D eigenvalue weighted by Gasteiger charge is -2.15. The molecule has 3 aromatic heterocycles. The number of aromatic nitrogens is 5. The SMILES string of the molecule is CC(/C(=C/Nc1ccc(F)cc1F)N=N)n1cc(-c2cnc(C(F)(F)F)nc2)c2c(N)ncnc21. The number of nitrogens with one attached hydrogen (secondary N) is 2. The van der Waals surface area contributed by atoms with Crippen LogP contribution in [0.4, 0.5) is 33.5 Å². The number of fused-ring (bicyclic) bond motifs is 1. The zero-order chi connectivity index (χ0) is 25.3. The van der Waals surface area contributed by atoms with Crippen molar-refractivity contribution in [3.05, 3.63) is 72.5 Å². The van der Waals surface area contributed by atoms with Crippen LogP contribution in [0.2, 0.25) is 0 Å². The van der Waals surface area contributed by atoms with Crippen molar-refractivity contribution in [2.45, 2.75) is 19.1 Å². The third-order valence-electron chi connectivity index (χ3n) is 5.14. The number of nitrogen functional groups attached to an aromatic ring is 1. The first-order valence-corrected chi connectivity index (χ1v) is 9.90. The molecule has 4 N–H and O–H groups in total. The second kappa shape index (κ2) is 9.04. The van der Waals surface area contributed by atoms with E-state index < -0.39 is 29.7 Å². The Morgan fingerprint density at radius 2 is 1.89 bits per heavy atom. The molecule has 9 nitrogen and oxygen atoms in total. The minimum Gasteiger partial charge on any atom is -0.383 e. The summed E-state index contributed by atoms with van der Waals surface area (Å²) in [4.78, 5) is 15.0. The summed E-state index contributed by atoms with van der Waals surface area (Å²) in [5, 5.41) is 6.47. The molecule has 0 aliphatic heterocycles. The normalized spacial score (nSPS) is 13.1. The van der Waals surface area contributed by atoms with Gasteiger partial charge in [0.1, 0.15) is 35.1 Å². The third-order valence-corrected chi connectivity index (χ3v) is 5.14. The first kappa shape index (κ1) is 23.7. The Labute approximate surface area is 194 Å². The summed E-state index contributed by atoms with van der Waals surface area (Å²) in [6.07, 6.45) is 1.35. The van der Waals surface area contributed by atoms with E-state index in [4.69, 9.17) is 11.3 Å². The molecule has 14 heteroatoms. The van der Waals surface area contributed by atoms with Crippen molar-refractivity contribution in [3.63, 3.8) is 0 Å². The van der Waals surface area contributed by atoms with Crippen LogP contribution in [0.1, 0.15) is 18.8 Å². The molecule has 35 heavy (non-hydrogen) atoms. The predicted octanol–water partition coefficient (Wildman–Crippen LogP) is 5.31. The van der Waals surface area contributed by atoms with Crippen LogP contribution in [0, 0.1) is 17.2 Å². The summed E-state index contributed by atoms with van der Waals surface area (Å²) >= 11 is 0. The van der Waals surface area contributed by atoms with E-state index in [9.17, 15) is 22.0 Å². The van der Waals surface area contributed by atoms with Crippen LogP contribution in [-0.4, -0.2) is 24.5 Å². The standard InChI is InChI=1S/C21H16F5N9/c1-10(16(34-28)7-29-15-3-2-12(22)4-14(15)23)35-8-13(17-18(27)32-9-33-19(17)35)11-5-30-20(31-6-11)21(24,25)26/h2-10,28-29H,1H3,(H2,27,32,33)/b16-7-,34-28?. The monoisotopic (exact) mass is 489 g/mol. The number of nitrogens with two attached hydrogens (primary N) is 1. The first-order valence-electron chi connectivity index (χ1n) is 9.90. The van der Waals surface area contributed by atoms with Crippen molar-refractivity contribution in [2.75, 3.05) is 11.1 Å². The average molecular weight is 489 g/mol. The first-order chi connectivity index (χ1) is 16.6. The number of halogens is 5. The van der Waals surface area contributed by atoms with Gasteiger partial charge in [0.2, 0.25) is 5.82 Å². The zero-order valence-electron chi connectivity index (χ0n) is 17.8. The smallest absolute Gasteiger partial charge is 0.383 e. The van der Waals surface area contributed by atoms with Crippen LogP contribution in [0.15, 0.2) is 60.1 Å². The molecule has 0 bridgehead atoms. The van der Waals surface area contributed by atoms with Gasteiger partial charge in [0.15, 0.2) is 0 Å². The molecule has 0 aliphatic rings. The van der Waals surface area contributed by atoms with Crippen molar-refractivity contribution < 1.29 is 22.0 Å². The Bertz CT molecular complexity index is 1430. The molecule has 1 atom stereocenters. The molecule has 0 amide bonds. The van der Waals surface area contributed by atoms with Gasteiger partial charge < -0.3 is 15.6 Å². The summed E-state index contributed by atoms with van der Waals surface area (Å²) in [5.74, 6) is -2.81. The second-order valence-corrected chi connectivity index (χ2v) is 7.33. The maximum absolute atomic E-state index is 13.9. The predicted molar refractivity (Wildman–Crippen MR) is 116 cm³/mol. The molecular weight excluding hydrogens is 473 g/mol. The highest BCUT2D eigenvalue weighted by molar-refractivity contribution is 6.00. The molecule has 0 saturated heterocycles. The van der Waals surface area contributed by atoms with E-state index in [1.807, 2.05) is 0 Å². The van der Waals surface area contributed by atoms with Crippen LogP contribution in [-0.2, 0) is 6.18 Å². The lowest BCUT2D eigenvalue weighted by molar-refractivity contribution is -0.144. The minimum atomic E-state index is -4.70. The van der Waals surface area contributed by atoms with Crippen LogP contribution < -0.4 is 11.1 Å². The Hall–Kier alpha value is -4.49. The number of nitrogens with zero attached hydrogens (tertiary/aromatic N) is 6. The van der Waals surface area contributed by atoms with Gasteiger partial charge in [-0.05, 0) is 19.1 Å². The number of allylic oxidation sites excluding steroid dienone is 1. The largest absolute Gasteiger partial charge is 0.451 e. The minimum absolute atomic E-state index is 0.0359. The molecule has 3 heterocycles. The summed E-state index contributed by atoms with van der Waals surface area (Å²) < 4.78 is 67.3. The van der Waals surface area contributed by atoms with Gasteiger partial charge in [-0.15, -0.1) is 0 Å². The maximum Gasteiger partial charge on any atom is 0.451 e. The van der Waals surface area contributed by atoms with Crippen molar-refractivity contribution >= 4 is 22.5 Å². The van der Waals surface area contributed by atoms with Crippen molar-refractivity contribution in [1.29, 1.82) is 5.53 Å². The van der Waals surface area contributed by atoms with Crippen molar-refractivity contribution in [3.8, 4) is 11.1 Å². The number of anilines is 2. The lowest BCUT2D eigenvalue weighted by atomic mass is 10.1. The van der Waals surface area contributed by atoms with E-state index >= 15 is 0 Å². The van der Waals surface area contributed by atoms with E-state index in [1.54, 1.807) is 17.7 Å². The van der Waals surface area contributed by atoms with Gasteiger partial charge in [0, 0.05) is 42.0 Å². The quantitative estimate of drug-likeness (QED) is 0.248. The average Bonchev–Trinajstić information content (AvgIpc) is 3.21. The Morgan fingerprint density at radius 1 is 1.17 bits per heavy atom. The van der Waals surface area contributed by atoms with Crippen LogP contribution >= 0.6 is 0 Å². The Morgan fingerprint density at radius 3 is 2.51 bits per heavy atom. The molecule has 0 saturated carbocycles. The molecular formula is C21H16F5N9. The molecule has 0 aliphatic carbocycles. The number of hydrogen-bond acceptors (Lipinski definition) is 8. The fraction of sp³-hybridized carbons (Fsp3) is 0.143. The lowest BCUT2D eigenvalue weighted by Crippen LogP contribution is -2.10. The molecule has 0 radical (unpaired) electrons. The summed E-state index contributed by atoms with van der Waals surface area (Å²) in [7, 11) is 0. The van der Waals surface area contributed by atoms with Crippen LogP contribution in [0.5, 0.6) is 0 Å². The van der Waals surface area contributed by atoms with E-state index in [0.29, 0.717) is 22.7 Å². The van der Waals surface area contributed by atoms with Crippen molar-refractivity contribution in [2.24, 2.45) is 5.11 Å². The summed E-state index contributed by atoms with van der Waals surface area (Å²) in [6.45, 7) is 1.66. The van der Waals surface area contributed by atoms with Gasteiger partial charge in [0.05, 0.1) is 17.1 Å². The molecule has 4 rings (SSSR count). The molecule has 1 aromatic carbocycles. The van der Waals surface area contributed by atoms with Gasteiger partial charge in [-0.3, -0.25) is 0 Å². The fourth-order valence-corrected chi connectivity index (χ4v) is 3.38. The maximum atomic E-state index is 13.9. The topological polar surface area (TPSA) is 131 Å². The number of rotatable bonds is 6. The highest BCUT2D eigenvalue weighted by Crippen LogP contribution is 2.36. The fourth-order valence-electron chi connectivity index (χ4n) is 3.38. The summed E-state index contributed by atoms with van der Waals surface area (Å²) in [5.41, 5.74) is 14.6. The highest BCUT2D eigenvalue weighted by atomic mass is 19.4. The summed E-state index contributed by atoms with van der Waals surface area (Å²) in [6, 6.07) is 2.28. The van der Waals surface area contributed by atoms with E-state index in [1.165, 1.54) is 18.6 Å². The van der Waals surface area contributed by atoms with Crippen molar-refractivity contribution in [1.82, 2.24) is 24.5 Å². The number of alkyl halides is 3. The van der Waals surface area contributed by atoms with E-state index in [0.717, 1.165) is 18.5 Å². The molecule has 4 aromatic rings.